The molecule has 3 heterocycles. The van der Waals surface area contributed by atoms with Crippen LogP contribution in [0, 0.1) is 0 Å². The van der Waals surface area contributed by atoms with Crippen molar-refractivity contribution in [3.63, 3.8) is 0 Å². The molecule has 1 amide bonds. The highest BCUT2D eigenvalue weighted by Gasteiger charge is 2.28. The van der Waals surface area contributed by atoms with Gasteiger partial charge in [0.15, 0.2) is 0 Å². The number of aromatic nitrogens is 1. The Morgan fingerprint density at radius 3 is 2.53 bits per heavy atom. The number of hydrogen-bond donors (Lipinski definition) is 0. The van der Waals surface area contributed by atoms with Crippen molar-refractivity contribution in [3.8, 4) is 11.3 Å². The van der Waals surface area contributed by atoms with E-state index < -0.39 is 0 Å². The van der Waals surface area contributed by atoms with E-state index in [1.807, 2.05) is 53.4 Å². The molecular weight excluding hydrogens is 374 g/mol. The second-order valence-electron chi connectivity index (χ2n) is 8.14. The van der Waals surface area contributed by atoms with E-state index in [1.54, 1.807) is 0 Å². The lowest BCUT2D eigenvalue weighted by molar-refractivity contribution is 0.00159. The molecule has 0 radical (unpaired) electrons. The number of carbonyl (C=O) groups is 1. The van der Waals surface area contributed by atoms with E-state index in [0.29, 0.717) is 6.04 Å². The Bertz CT molecular complexity index is 1040. The van der Waals surface area contributed by atoms with Crippen LogP contribution < -0.4 is 0 Å². The molecular formula is C25H27N3O2. The number of likely N-dealkylation sites (tertiary alicyclic amines) is 1. The third kappa shape index (κ3) is 3.95. The number of nitrogens with zero attached hydrogens (tertiary/aromatic N) is 3. The van der Waals surface area contributed by atoms with Crippen LogP contribution in [0.1, 0.15) is 23.2 Å². The Kier molecular flexibility index (Phi) is 5.47. The molecule has 0 aliphatic carbocycles. The minimum atomic E-state index is 0.123. The van der Waals surface area contributed by atoms with Crippen LogP contribution in [0.25, 0.3) is 22.2 Å². The normalized spacial score (nSPS) is 18.6. The summed E-state index contributed by atoms with van der Waals surface area (Å²) in [5, 5.41) is 1.12. The molecule has 5 heteroatoms. The molecule has 2 aromatic carbocycles. The van der Waals surface area contributed by atoms with E-state index in [2.05, 4.69) is 17.0 Å². The molecule has 0 N–H and O–H groups in total. The first-order valence-electron chi connectivity index (χ1n) is 10.9. The Morgan fingerprint density at radius 1 is 0.900 bits per heavy atom. The molecule has 154 valence electrons. The highest BCUT2D eigenvalue weighted by molar-refractivity contribution is 5.95. The summed E-state index contributed by atoms with van der Waals surface area (Å²) in [7, 11) is 0. The van der Waals surface area contributed by atoms with E-state index in [9.17, 15) is 4.79 Å². The largest absolute Gasteiger partial charge is 0.379 e. The summed E-state index contributed by atoms with van der Waals surface area (Å²) in [4.78, 5) is 22.5. The second-order valence-corrected chi connectivity index (χ2v) is 8.14. The number of pyridine rings is 1. The Hall–Kier alpha value is -2.76. The van der Waals surface area contributed by atoms with Gasteiger partial charge in [0, 0.05) is 48.7 Å². The standard InChI is InChI=1S/C25H27N3O2/c29-25(28-12-10-22(11-13-28)27-14-16-30-17-15-27)21-6-3-5-20(18-21)24-9-8-19-4-1-2-7-23(19)26-24/h1-9,18,22H,10-17H2. The number of piperidine rings is 1. The lowest BCUT2D eigenvalue weighted by atomic mass is 10.0. The number of morpholine rings is 1. The first-order chi connectivity index (χ1) is 14.8. The van der Waals surface area contributed by atoms with Crippen LogP contribution in [0.4, 0.5) is 0 Å². The van der Waals surface area contributed by atoms with Crippen molar-refractivity contribution in [2.75, 3.05) is 39.4 Å². The van der Waals surface area contributed by atoms with E-state index in [4.69, 9.17) is 9.72 Å². The maximum absolute atomic E-state index is 13.2. The Labute approximate surface area is 177 Å². The predicted molar refractivity (Wildman–Crippen MR) is 118 cm³/mol. The summed E-state index contributed by atoms with van der Waals surface area (Å²) >= 11 is 0. The van der Waals surface area contributed by atoms with E-state index >= 15 is 0 Å². The van der Waals surface area contributed by atoms with Crippen molar-refractivity contribution in [1.29, 1.82) is 0 Å². The Morgan fingerprint density at radius 2 is 1.70 bits per heavy atom. The average molecular weight is 402 g/mol. The fraction of sp³-hybridized carbons (Fsp3) is 0.360. The van der Waals surface area contributed by atoms with Gasteiger partial charge in [0.25, 0.3) is 5.91 Å². The van der Waals surface area contributed by atoms with Gasteiger partial charge in [0.1, 0.15) is 0 Å². The van der Waals surface area contributed by atoms with Gasteiger partial charge in [0.2, 0.25) is 0 Å². The van der Waals surface area contributed by atoms with Crippen molar-refractivity contribution >= 4 is 16.8 Å². The molecule has 2 aliphatic heterocycles. The maximum Gasteiger partial charge on any atom is 0.253 e. The third-order valence-electron chi connectivity index (χ3n) is 6.32. The van der Waals surface area contributed by atoms with Gasteiger partial charge in [-0.1, -0.05) is 36.4 Å². The molecule has 0 saturated carbocycles. The molecule has 5 nitrogen and oxygen atoms in total. The number of rotatable bonds is 3. The summed E-state index contributed by atoms with van der Waals surface area (Å²) in [5.41, 5.74) is 3.59. The second kappa shape index (κ2) is 8.54. The van der Waals surface area contributed by atoms with Gasteiger partial charge in [-0.25, -0.2) is 4.98 Å². The van der Waals surface area contributed by atoms with Gasteiger partial charge in [-0.15, -0.1) is 0 Å². The molecule has 0 spiro atoms. The van der Waals surface area contributed by atoms with Crippen molar-refractivity contribution in [2.24, 2.45) is 0 Å². The smallest absolute Gasteiger partial charge is 0.253 e. The summed E-state index contributed by atoms with van der Waals surface area (Å²) in [5.74, 6) is 0.123. The number of carbonyl (C=O) groups excluding carboxylic acids is 1. The van der Waals surface area contributed by atoms with E-state index in [0.717, 1.165) is 80.0 Å². The number of amides is 1. The third-order valence-corrected chi connectivity index (χ3v) is 6.32. The molecule has 2 fully saturated rings. The summed E-state index contributed by atoms with van der Waals surface area (Å²) < 4.78 is 5.47. The summed E-state index contributed by atoms with van der Waals surface area (Å²) in [6, 6.07) is 20.7. The van der Waals surface area contributed by atoms with Gasteiger partial charge in [0.05, 0.1) is 24.4 Å². The number of ether oxygens (including phenoxy) is 1. The van der Waals surface area contributed by atoms with Crippen LogP contribution in [-0.2, 0) is 4.74 Å². The SMILES string of the molecule is O=C(c1cccc(-c2ccc3ccccc3n2)c1)N1CCC(N2CCOCC2)CC1. The predicted octanol–water partition coefficient (Wildman–Crippen LogP) is 3.84. The van der Waals surface area contributed by atoms with Crippen LogP contribution in [-0.4, -0.2) is 66.1 Å². The minimum Gasteiger partial charge on any atom is -0.379 e. The molecule has 0 unspecified atom stereocenters. The monoisotopic (exact) mass is 401 g/mol. The van der Waals surface area contributed by atoms with Crippen LogP contribution in [0.2, 0.25) is 0 Å². The average Bonchev–Trinajstić information content (AvgIpc) is 2.84. The molecule has 2 saturated heterocycles. The number of para-hydroxylation sites is 1. The van der Waals surface area contributed by atoms with E-state index in [1.165, 1.54) is 0 Å². The number of benzene rings is 2. The Balaban J connectivity index is 1.29. The van der Waals surface area contributed by atoms with Gasteiger partial charge in [-0.3, -0.25) is 9.69 Å². The maximum atomic E-state index is 13.2. The molecule has 2 aliphatic rings. The molecule has 1 aromatic heterocycles. The van der Waals surface area contributed by atoms with Crippen molar-refractivity contribution < 1.29 is 9.53 Å². The zero-order valence-electron chi connectivity index (χ0n) is 17.2. The highest BCUT2D eigenvalue weighted by atomic mass is 16.5. The van der Waals surface area contributed by atoms with Crippen LogP contribution in [0.15, 0.2) is 60.7 Å². The van der Waals surface area contributed by atoms with Crippen LogP contribution in [0.5, 0.6) is 0 Å². The number of fused-ring (bicyclic) bond motifs is 1. The zero-order chi connectivity index (χ0) is 20.3. The summed E-state index contributed by atoms with van der Waals surface area (Å²) in [6.45, 7) is 5.32. The molecule has 3 aromatic rings. The zero-order valence-corrected chi connectivity index (χ0v) is 17.2. The van der Waals surface area contributed by atoms with Crippen molar-refractivity contribution in [2.45, 2.75) is 18.9 Å². The van der Waals surface area contributed by atoms with Crippen molar-refractivity contribution in [1.82, 2.24) is 14.8 Å². The molecule has 0 atom stereocenters. The van der Waals surface area contributed by atoms with Crippen molar-refractivity contribution in [3.05, 3.63) is 66.2 Å². The topological polar surface area (TPSA) is 45.7 Å². The lowest BCUT2D eigenvalue weighted by Crippen LogP contribution is -2.50. The highest BCUT2D eigenvalue weighted by Crippen LogP contribution is 2.24. The van der Waals surface area contributed by atoms with Crippen LogP contribution >= 0.6 is 0 Å². The van der Waals surface area contributed by atoms with Gasteiger partial charge >= 0.3 is 0 Å². The quantitative estimate of drug-likeness (QED) is 0.669. The van der Waals surface area contributed by atoms with E-state index in [-0.39, 0.29) is 5.91 Å². The lowest BCUT2D eigenvalue weighted by Gasteiger charge is -2.40. The van der Waals surface area contributed by atoms with Gasteiger partial charge < -0.3 is 9.64 Å². The molecule has 30 heavy (non-hydrogen) atoms. The first kappa shape index (κ1) is 19.2. The fourth-order valence-corrected chi connectivity index (χ4v) is 4.60. The van der Waals surface area contributed by atoms with Crippen LogP contribution in [0.3, 0.4) is 0 Å². The summed E-state index contributed by atoms with van der Waals surface area (Å²) in [6.07, 6.45) is 2.08. The first-order valence-corrected chi connectivity index (χ1v) is 10.9. The minimum absolute atomic E-state index is 0.123. The molecule has 5 rings (SSSR count). The van der Waals surface area contributed by atoms with Gasteiger partial charge in [-0.05, 0) is 37.1 Å². The van der Waals surface area contributed by atoms with Gasteiger partial charge in [-0.2, -0.15) is 0 Å². The fourth-order valence-electron chi connectivity index (χ4n) is 4.60. The molecule has 0 bridgehead atoms. The number of hydrogen-bond acceptors (Lipinski definition) is 4.